The van der Waals surface area contributed by atoms with Gasteiger partial charge in [0.2, 0.25) is 0 Å². The van der Waals surface area contributed by atoms with Crippen molar-refractivity contribution in [2.24, 2.45) is 0 Å². The van der Waals surface area contributed by atoms with Gasteiger partial charge in [-0.05, 0) is 36.8 Å². The molecule has 0 unspecified atom stereocenters. The summed E-state index contributed by atoms with van der Waals surface area (Å²) in [5.74, 6) is 1.45. The highest BCUT2D eigenvalue weighted by molar-refractivity contribution is 6.05. The van der Waals surface area contributed by atoms with Gasteiger partial charge >= 0.3 is 0 Å². The van der Waals surface area contributed by atoms with Gasteiger partial charge in [-0.2, -0.15) is 0 Å². The lowest BCUT2D eigenvalue weighted by molar-refractivity contribution is 0.102. The Balaban J connectivity index is 2.31. The molecule has 1 N–H and O–H groups in total. The number of anilines is 1. The molecule has 0 fully saturated rings. The van der Waals surface area contributed by atoms with Crippen LogP contribution in [0.15, 0.2) is 36.4 Å². The molecule has 5 nitrogen and oxygen atoms in total. The molecule has 5 heteroatoms. The summed E-state index contributed by atoms with van der Waals surface area (Å²) in [6, 6.07) is 10.6. The van der Waals surface area contributed by atoms with E-state index >= 15 is 0 Å². The Hall–Kier alpha value is -2.69. The van der Waals surface area contributed by atoms with Crippen molar-refractivity contribution in [3.8, 4) is 17.2 Å². The summed E-state index contributed by atoms with van der Waals surface area (Å²) in [7, 11) is 4.65. The van der Waals surface area contributed by atoms with Crippen molar-refractivity contribution in [1.29, 1.82) is 0 Å². The third-order valence-electron chi connectivity index (χ3n) is 3.22. The summed E-state index contributed by atoms with van der Waals surface area (Å²) >= 11 is 0. The monoisotopic (exact) mass is 301 g/mol. The third kappa shape index (κ3) is 3.49. The summed E-state index contributed by atoms with van der Waals surface area (Å²) in [5, 5.41) is 2.85. The molecule has 0 saturated heterocycles. The summed E-state index contributed by atoms with van der Waals surface area (Å²) in [6.07, 6.45) is 0. The van der Waals surface area contributed by atoms with Gasteiger partial charge in [-0.25, -0.2) is 0 Å². The van der Waals surface area contributed by atoms with Crippen LogP contribution in [0.2, 0.25) is 0 Å². The molecule has 0 saturated carbocycles. The van der Waals surface area contributed by atoms with Crippen LogP contribution in [0.3, 0.4) is 0 Å². The summed E-state index contributed by atoms with van der Waals surface area (Å²) < 4.78 is 15.6. The van der Waals surface area contributed by atoms with Crippen molar-refractivity contribution in [3.05, 3.63) is 47.5 Å². The maximum absolute atomic E-state index is 12.5. The second kappa shape index (κ2) is 6.85. The highest BCUT2D eigenvalue weighted by Crippen LogP contribution is 2.27. The van der Waals surface area contributed by atoms with Gasteiger partial charge in [0.25, 0.3) is 5.91 Å². The molecule has 0 atom stereocenters. The van der Waals surface area contributed by atoms with E-state index in [9.17, 15) is 4.79 Å². The van der Waals surface area contributed by atoms with E-state index in [0.29, 0.717) is 28.5 Å². The lowest BCUT2D eigenvalue weighted by Crippen LogP contribution is -2.13. The van der Waals surface area contributed by atoms with E-state index in [2.05, 4.69) is 5.32 Å². The predicted molar refractivity (Wildman–Crippen MR) is 85.2 cm³/mol. The molecule has 2 aromatic rings. The minimum absolute atomic E-state index is 0.263. The number of hydrogen-bond donors (Lipinski definition) is 1. The highest BCUT2D eigenvalue weighted by atomic mass is 16.5. The van der Waals surface area contributed by atoms with Gasteiger partial charge in [0.15, 0.2) is 0 Å². The number of carbonyl (C=O) groups is 1. The first kappa shape index (κ1) is 15.7. The van der Waals surface area contributed by atoms with Crippen molar-refractivity contribution in [3.63, 3.8) is 0 Å². The predicted octanol–water partition coefficient (Wildman–Crippen LogP) is 3.27. The number of ether oxygens (including phenoxy) is 3. The van der Waals surface area contributed by atoms with Crippen LogP contribution < -0.4 is 19.5 Å². The Labute approximate surface area is 129 Å². The highest BCUT2D eigenvalue weighted by Gasteiger charge is 2.12. The molecule has 1 amide bonds. The molecular formula is C17H19NO4. The average Bonchev–Trinajstić information content (AvgIpc) is 2.54. The topological polar surface area (TPSA) is 56.8 Å². The first-order valence-electron chi connectivity index (χ1n) is 6.76. The van der Waals surface area contributed by atoms with Gasteiger partial charge < -0.3 is 19.5 Å². The molecule has 0 aliphatic heterocycles. The van der Waals surface area contributed by atoms with E-state index in [1.54, 1.807) is 39.5 Å². The molecule has 116 valence electrons. The number of amides is 1. The summed E-state index contributed by atoms with van der Waals surface area (Å²) in [4.78, 5) is 12.5. The molecule has 22 heavy (non-hydrogen) atoms. The molecule has 0 aliphatic rings. The number of aryl methyl sites for hydroxylation is 1. The van der Waals surface area contributed by atoms with Crippen LogP contribution in [0.25, 0.3) is 0 Å². The molecule has 2 rings (SSSR count). The first-order chi connectivity index (χ1) is 10.6. The number of methoxy groups -OCH3 is 3. The van der Waals surface area contributed by atoms with Crippen LogP contribution in [0.5, 0.6) is 17.2 Å². The second-order valence-electron chi connectivity index (χ2n) is 4.76. The zero-order valence-electron chi connectivity index (χ0n) is 13.1. The number of nitrogens with one attached hydrogen (secondary N) is 1. The molecule has 0 spiro atoms. The van der Waals surface area contributed by atoms with Crippen LogP contribution in [-0.2, 0) is 0 Å². The van der Waals surface area contributed by atoms with Gasteiger partial charge in [-0.3, -0.25) is 4.79 Å². The number of hydrogen-bond acceptors (Lipinski definition) is 4. The average molecular weight is 301 g/mol. The fourth-order valence-electron chi connectivity index (χ4n) is 2.05. The normalized spacial score (nSPS) is 10.0. The smallest absolute Gasteiger partial charge is 0.256 e. The van der Waals surface area contributed by atoms with Crippen molar-refractivity contribution < 1.29 is 19.0 Å². The first-order valence-corrected chi connectivity index (χ1v) is 6.76. The van der Waals surface area contributed by atoms with Gasteiger partial charge in [0, 0.05) is 11.6 Å². The van der Waals surface area contributed by atoms with E-state index in [1.807, 2.05) is 25.1 Å². The third-order valence-corrected chi connectivity index (χ3v) is 3.22. The van der Waals surface area contributed by atoms with Crippen LogP contribution in [0.4, 0.5) is 5.69 Å². The minimum atomic E-state index is -0.263. The van der Waals surface area contributed by atoms with E-state index in [1.165, 1.54) is 0 Å². The van der Waals surface area contributed by atoms with Gasteiger partial charge in [-0.1, -0.05) is 6.07 Å². The Morgan fingerprint density at radius 2 is 1.55 bits per heavy atom. The van der Waals surface area contributed by atoms with E-state index < -0.39 is 0 Å². The molecule has 2 aromatic carbocycles. The van der Waals surface area contributed by atoms with E-state index in [4.69, 9.17) is 14.2 Å². The largest absolute Gasteiger partial charge is 0.497 e. The molecule has 0 heterocycles. The minimum Gasteiger partial charge on any atom is -0.497 e. The maximum atomic E-state index is 12.5. The number of carbonyl (C=O) groups excluding carboxylic acids is 1. The molecule has 0 bridgehead atoms. The summed E-state index contributed by atoms with van der Waals surface area (Å²) in [5.41, 5.74) is 2.09. The zero-order chi connectivity index (χ0) is 16.1. The fourth-order valence-corrected chi connectivity index (χ4v) is 2.05. The molecule has 0 aromatic heterocycles. The van der Waals surface area contributed by atoms with Gasteiger partial charge in [0.1, 0.15) is 17.2 Å². The van der Waals surface area contributed by atoms with Crippen molar-refractivity contribution in [2.45, 2.75) is 6.92 Å². The van der Waals surface area contributed by atoms with Crippen molar-refractivity contribution in [1.82, 2.24) is 0 Å². The van der Waals surface area contributed by atoms with Crippen LogP contribution >= 0.6 is 0 Å². The van der Waals surface area contributed by atoms with Crippen LogP contribution in [-0.4, -0.2) is 27.2 Å². The lowest BCUT2D eigenvalue weighted by Gasteiger charge is -2.12. The lowest BCUT2D eigenvalue weighted by atomic mass is 10.1. The Bertz CT molecular complexity index is 660. The molecule has 0 aliphatic carbocycles. The van der Waals surface area contributed by atoms with Crippen LogP contribution in [0, 0.1) is 6.92 Å². The Morgan fingerprint density at radius 1 is 0.909 bits per heavy atom. The van der Waals surface area contributed by atoms with E-state index in [0.717, 1.165) is 5.56 Å². The molecular weight excluding hydrogens is 282 g/mol. The Morgan fingerprint density at radius 3 is 2.09 bits per heavy atom. The van der Waals surface area contributed by atoms with Gasteiger partial charge in [-0.15, -0.1) is 0 Å². The number of benzene rings is 2. The standard InChI is InChI=1S/C17H19NO4/c1-11-5-6-16(22-4)15(7-11)18-17(19)12-8-13(20-2)10-14(9-12)21-3/h5-10H,1-4H3,(H,18,19). The quantitative estimate of drug-likeness (QED) is 0.921. The zero-order valence-corrected chi connectivity index (χ0v) is 13.1. The van der Waals surface area contributed by atoms with E-state index in [-0.39, 0.29) is 5.91 Å². The number of rotatable bonds is 5. The molecule has 0 radical (unpaired) electrons. The maximum Gasteiger partial charge on any atom is 0.256 e. The van der Waals surface area contributed by atoms with Crippen molar-refractivity contribution in [2.75, 3.05) is 26.6 Å². The fraction of sp³-hybridized carbons (Fsp3) is 0.235. The summed E-state index contributed by atoms with van der Waals surface area (Å²) in [6.45, 7) is 1.95. The van der Waals surface area contributed by atoms with Crippen LogP contribution in [0.1, 0.15) is 15.9 Å². The van der Waals surface area contributed by atoms with Crippen molar-refractivity contribution >= 4 is 11.6 Å². The van der Waals surface area contributed by atoms with Gasteiger partial charge in [0.05, 0.1) is 27.0 Å². The Kier molecular flexibility index (Phi) is 4.88. The second-order valence-corrected chi connectivity index (χ2v) is 4.76. The SMILES string of the molecule is COc1cc(OC)cc(C(=O)Nc2cc(C)ccc2OC)c1.